The molecule has 11 nitrogen and oxygen atoms in total. The summed E-state index contributed by atoms with van der Waals surface area (Å²) in [4.78, 5) is 27.8. The number of guanidine groups is 1. The number of aromatic nitrogens is 2. The number of benzene rings is 1. The fraction of sp³-hybridized carbons (Fsp3) is 0.385. The van der Waals surface area contributed by atoms with Gasteiger partial charge in [0.25, 0.3) is 0 Å². The molecule has 0 radical (unpaired) electrons. The molecule has 2 atom stereocenters. The average Bonchev–Trinajstić information content (AvgIpc) is 3.60. The van der Waals surface area contributed by atoms with E-state index in [1.165, 1.54) is 51.2 Å². The van der Waals surface area contributed by atoms with Crippen LogP contribution in [0.2, 0.25) is 0 Å². The summed E-state index contributed by atoms with van der Waals surface area (Å²) in [5.41, 5.74) is 5.94. The molecule has 2 aliphatic heterocycles. The van der Waals surface area contributed by atoms with Gasteiger partial charge in [-0.15, -0.1) is 0 Å². The Labute approximate surface area is 225 Å². The number of sulfonamides is 1. The zero-order chi connectivity index (χ0) is 28.0. The first-order chi connectivity index (χ1) is 18.5. The van der Waals surface area contributed by atoms with Gasteiger partial charge in [-0.2, -0.15) is 0 Å². The Bertz CT molecular complexity index is 1530. The quantitative estimate of drug-likeness (QED) is 0.433. The van der Waals surface area contributed by atoms with Gasteiger partial charge in [-0.05, 0) is 43.2 Å². The van der Waals surface area contributed by atoms with Gasteiger partial charge < -0.3 is 14.9 Å². The maximum atomic E-state index is 15.6. The molecule has 4 heterocycles. The number of Topliss-reactive ketones (excluding diaryl/α,β-unsaturated/α-hetero) is 1. The van der Waals surface area contributed by atoms with Crippen LogP contribution < -0.4 is 10.5 Å². The largest absolute Gasteiger partial charge is 0.495 e. The van der Waals surface area contributed by atoms with Gasteiger partial charge in [-0.3, -0.25) is 9.69 Å². The molecular weight excluding hydrogens is 527 g/mol. The van der Waals surface area contributed by atoms with Crippen molar-refractivity contribution in [3.05, 3.63) is 77.5 Å². The molecule has 3 aromatic rings. The second kappa shape index (κ2) is 9.72. The monoisotopic (exact) mass is 556 g/mol. The minimum absolute atomic E-state index is 0.0541. The first kappa shape index (κ1) is 26.8. The predicted octanol–water partition coefficient (Wildman–Crippen LogP) is 2.09. The number of hydrogen-bond acceptors (Lipinski definition) is 10. The van der Waals surface area contributed by atoms with Gasteiger partial charge >= 0.3 is 0 Å². The Kier molecular flexibility index (Phi) is 6.67. The molecular formula is C26H29FN6O5S. The number of likely N-dealkylation sites (tertiary alicyclic amines) is 1. The Morgan fingerprint density at radius 1 is 1.26 bits per heavy atom. The predicted molar refractivity (Wildman–Crippen MR) is 140 cm³/mol. The lowest BCUT2D eigenvalue weighted by molar-refractivity contribution is 0.0988. The lowest BCUT2D eigenvalue weighted by Gasteiger charge is -2.48. The van der Waals surface area contributed by atoms with Crippen LogP contribution in [0.5, 0.6) is 5.75 Å². The number of nitrogens with zero attached hydrogens (tertiary/aromatic N) is 5. The third kappa shape index (κ3) is 4.35. The maximum absolute atomic E-state index is 15.6. The van der Waals surface area contributed by atoms with E-state index in [9.17, 15) is 13.2 Å². The molecule has 39 heavy (non-hydrogen) atoms. The van der Waals surface area contributed by atoms with Crippen LogP contribution in [0.3, 0.4) is 0 Å². The lowest BCUT2D eigenvalue weighted by Crippen LogP contribution is -2.66. The third-order valence-corrected chi connectivity index (χ3v) is 10.4. The molecule has 0 saturated carbocycles. The summed E-state index contributed by atoms with van der Waals surface area (Å²) < 4.78 is 53.2. The number of ether oxygens (including phenoxy) is 1. The number of aliphatic imine (C=N–C) groups is 1. The summed E-state index contributed by atoms with van der Waals surface area (Å²) in [6.45, 7) is 2.43. The van der Waals surface area contributed by atoms with Crippen molar-refractivity contribution >= 4 is 21.8 Å². The molecule has 13 heteroatoms. The van der Waals surface area contributed by atoms with E-state index >= 15 is 4.39 Å². The van der Waals surface area contributed by atoms with Crippen molar-refractivity contribution in [2.75, 3.05) is 27.2 Å². The van der Waals surface area contributed by atoms with Gasteiger partial charge in [0.1, 0.15) is 33.8 Å². The molecule has 1 saturated heterocycles. The van der Waals surface area contributed by atoms with E-state index in [-0.39, 0.29) is 42.4 Å². The van der Waals surface area contributed by atoms with E-state index in [2.05, 4.69) is 15.0 Å². The van der Waals surface area contributed by atoms with Crippen molar-refractivity contribution in [3.8, 4) is 5.75 Å². The lowest BCUT2D eigenvalue weighted by atomic mass is 9.77. The maximum Gasteiger partial charge on any atom is 0.247 e. The number of carbonyl (C=O) groups excluding carboxylic acids is 1. The van der Waals surface area contributed by atoms with E-state index in [4.69, 9.17) is 14.9 Å². The standard InChI is InChI=1S/C26H29FN6O5S/c1-25(20-10-17(4-6-21(20)27)11-23(34)22-7-5-19(37-3)12-29-22)26(39(35,36)32(2)24(28)31-25)8-9-33(15-26)13-18-14-38-16-30-18/h4-7,10,12,14,16H,8-9,11,13,15H2,1-3H3,(H2,28,31)/t25-,26+/m1/s1. The Morgan fingerprint density at radius 3 is 2.72 bits per heavy atom. The molecule has 2 aliphatic rings. The SMILES string of the molecule is COc1ccc(C(=O)Cc2ccc(F)c([C@@]3(C)N=C(N)N(C)S(=O)(=O)[C@]34CCN(Cc3cocn3)C4)c2)nc1. The van der Waals surface area contributed by atoms with Crippen LogP contribution in [0, 0.1) is 5.82 Å². The van der Waals surface area contributed by atoms with E-state index in [1.54, 1.807) is 19.1 Å². The van der Waals surface area contributed by atoms with Crippen molar-refractivity contribution in [3.63, 3.8) is 0 Å². The van der Waals surface area contributed by atoms with Gasteiger partial charge in [-0.1, -0.05) is 6.07 Å². The molecule has 0 aliphatic carbocycles. The van der Waals surface area contributed by atoms with Crippen LogP contribution in [-0.2, 0) is 28.5 Å². The molecule has 0 unspecified atom stereocenters. The molecule has 1 aromatic carbocycles. The van der Waals surface area contributed by atoms with Crippen LogP contribution in [0.1, 0.15) is 40.7 Å². The normalized spacial score (nSPS) is 24.6. The summed E-state index contributed by atoms with van der Waals surface area (Å²) in [6.07, 6.45) is 4.37. The van der Waals surface area contributed by atoms with Crippen LogP contribution in [0.25, 0.3) is 0 Å². The first-order valence-corrected chi connectivity index (χ1v) is 13.7. The highest BCUT2D eigenvalue weighted by Crippen LogP contribution is 2.51. The number of carbonyl (C=O) groups is 1. The van der Waals surface area contributed by atoms with Crippen molar-refractivity contribution in [1.82, 2.24) is 19.2 Å². The smallest absolute Gasteiger partial charge is 0.247 e. The van der Waals surface area contributed by atoms with E-state index in [1.807, 2.05) is 4.90 Å². The number of pyridine rings is 1. The fourth-order valence-corrected chi connectivity index (χ4v) is 7.65. The molecule has 0 bridgehead atoms. The molecule has 2 aromatic heterocycles. The Hall–Kier alpha value is -3.84. The minimum Gasteiger partial charge on any atom is -0.495 e. The highest BCUT2D eigenvalue weighted by molar-refractivity contribution is 7.91. The highest BCUT2D eigenvalue weighted by atomic mass is 32.2. The molecule has 206 valence electrons. The molecule has 0 amide bonds. The van der Waals surface area contributed by atoms with Gasteiger partial charge in [-0.25, -0.2) is 32.1 Å². The van der Waals surface area contributed by atoms with Crippen LogP contribution >= 0.6 is 0 Å². The Morgan fingerprint density at radius 2 is 2.05 bits per heavy atom. The van der Waals surface area contributed by atoms with Gasteiger partial charge in [0.05, 0.1) is 19.0 Å². The summed E-state index contributed by atoms with van der Waals surface area (Å²) in [6, 6.07) is 7.43. The zero-order valence-corrected chi connectivity index (χ0v) is 22.6. The number of hydrogen-bond donors (Lipinski definition) is 1. The van der Waals surface area contributed by atoms with E-state index < -0.39 is 26.1 Å². The van der Waals surface area contributed by atoms with Crippen LogP contribution in [0.4, 0.5) is 4.39 Å². The van der Waals surface area contributed by atoms with Crippen molar-refractivity contribution < 1.29 is 26.8 Å². The van der Waals surface area contributed by atoms with Crippen molar-refractivity contribution in [2.45, 2.75) is 36.6 Å². The van der Waals surface area contributed by atoms with Gasteiger partial charge in [0.15, 0.2) is 12.2 Å². The average molecular weight is 557 g/mol. The number of halogens is 1. The van der Waals surface area contributed by atoms with Gasteiger partial charge in [0, 0.05) is 38.7 Å². The number of nitrogens with two attached hydrogens (primary N) is 1. The molecule has 2 N–H and O–H groups in total. The number of oxazole rings is 1. The summed E-state index contributed by atoms with van der Waals surface area (Å²) in [5.74, 6) is -0.640. The first-order valence-electron chi connectivity index (χ1n) is 12.3. The minimum atomic E-state index is -4.08. The van der Waals surface area contributed by atoms with E-state index in [0.717, 1.165) is 4.31 Å². The topological polar surface area (TPSA) is 144 Å². The zero-order valence-electron chi connectivity index (χ0n) is 21.8. The van der Waals surface area contributed by atoms with Crippen molar-refractivity contribution in [2.24, 2.45) is 10.7 Å². The summed E-state index contributed by atoms with van der Waals surface area (Å²) in [5, 5.41) is 0. The molecule has 1 fully saturated rings. The number of rotatable bonds is 7. The second-order valence-electron chi connectivity index (χ2n) is 9.95. The Balaban J connectivity index is 1.54. The van der Waals surface area contributed by atoms with Crippen molar-refractivity contribution in [1.29, 1.82) is 0 Å². The van der Waals surface area contributed by atoms with E-state index in [0.29, 0.717) is 30.1 Å². The van der Waals surface area contributed by atoms with Crippen LogP contribution in [-0.4, -0.2) is 71.3 Å². The summed E-state index contributed by atoms with van der Waals surface area (Å²) >= 11 is 0. The van der Waals surface area contributed by atoms with Gasteiger partial charge in [0.2, 0.25) is 16.0 Å². The third-order valence-electron chi connectivity index (χ3n) is 7.76. The molecule has 5 rings (SSSR count). The number of ketones is 1. The summed E-state index contributed by atoms with van der Waals surface area (Å²) in [7, 11) is -1.23. The molecule has 1 spiro atoms. The highest BCUT2D eigenvalue weighted by Gasteiger charge is 2.66. The second-order valence-corrected chi connectivity index (χ2v) is 12.2. The van der Waals surface area contributed by atoms with Crippen LogP contribution in [0.15, 0.2) is 58.6 Å². The number of methoxy groups -OCH3 is 1. The fourth-order valence-electron chi connectivity index (χ4n) is 5.49.